The smallest absolute Gasteiger partial charge is 0.389 e. The fourth-order valence-corrected chi connectivity index (χ4v) is 5.59. The van der Waals surface area contributed by atoms with Crippen LogP contribution < -0.4 is 10.6 Å². The van der Waals surface area contributed by atoms with Gasteiger partial charge in [0.2, 0.25) is 5.71 Å². The Morgan fingerprint density at radius 2 is 1.85 bits per heavy atom. The van der Waals surface area contributed by atoms with Gasteiger partial charge in [0.1, 0.15) is 11.6 Å². The lowest BCUT2D eigenvalue weighted by Crippen LogP contribution is -2.26. The Hall–Kier alpha value is -3.73. The first-order valence-electron chi connectivity index (χ1n) is 13.0. The third-order valence-corrected chi connectivity index (χ3v) is 8.09. The number of carbonyl (C=O) groups excluding carboxylic acids is 2. The van der Waals surface area contributed by atoms with Crippen LogP contribution in [0.15, 0.2) is 46.2 Å². The highest BCUT2D eigenvalue weighted by Gasteiger charge is 2.29. The first-order chi connectivity index (χ1) is 19.1. The third-order valence-electron chi connectivity index (χ3n) is 7.16. The SMILES string of the molecule is CNC(=O)c1c(-c2ccc(F)cc2)oc2nc(CCC(F)(F)F)c(-c3csc(C(=O)NCCC4CCC4)c3)cc12. The van der Waals surface area contributed by atoms with Crippen LogP contribution in [0.25, 0.3) is 33.6 Å². The van der Waals surface area contributed by atoms with Crippen molar-refractivity contribution in [2.75, 3.05) is 13.6 Å². The molecule has 0 saturated heterocycles. The number of hydrogen-bond acceptors (Lipinski definition) is 5. The van der Waals surface area contributed by atoms with Crippen molar-refractivity contribution < 1.29 is 31.6 Å². The zero-order valence-electron chi connectivity index (χ0n) is 21.7. The molecule has 0 atom stereocenters. The summed E-state index contributed by atoms with van der Waals surface area (Å²) in [4.78, 5) is 30.5. The summed E-state index contributed by atoms with van der Waals surface area (Å²) in [6.07, 6.45) is -1.42. The molecule has 0 aliphatic heterocycles. The number of halogens is 4. The van der Waals surface area contributed by atoms with E-state index in [1.807, 2.05) is 0 Å². The van der Waals surface area contributed by atoms with Crippen LogP contribution in [0.2, 0.25) is 0 Å². The Labute approximate surface area is 231 Å². The number of furan rings is 1. The molecule has 2 amide bonds. The molecule has 6 nitrogen and oxygen atoms in total. The average Bonchev–Trinajstić information content (AvgIpc) is 3.53. The van der Waals surface area contributed by atoms with E-state index in [4.69, 9.17) is 4.42 Å². The maximum atomic E-state index is 13.5. The number of nitrogens with one attached hydrogen (secondary N) is 2. The maximum absolute atomic E-state index is 13.5. The first kappa shape index (κ1) is 27.8. The van der Waals surface area contributed by atoms with Crippen LogP contribution in [-0.4, -0.2) is 36.6 Å². The van der Waals surface area contributed by atoms with Crippen molar-refractivity contribution in [1.82, 2.24) is 15.6 Å². The Morgan fingerprint density at radius 3 is 2.50 bits per heavy atom. The molecule has 3 heterocycles. The molecule has 3 aromatic heterocycles. The highest BCUT2D eigenvalue weighted by molar-refractivity contribution is 7.12. The number of hydrogen-bond donors (Lipinski definition) is 2. The second-order valence-electron chi connectivity index (χ2n) is 9.88. The second-order valence-corrected chi connectivity index (χ2v) is 10.8. The molecule has 1 fully saturated rings. The van der Waals surface area contributed by atoms with Gasteiger partial charge in [-0.2, -0.15) is 13.2 Å². The summed E-state index contributed by atoms with van der Waals surface area (Å²) in [5.74, 6) is -0.438. The van der Waals surface area contributed by atoms with E-state index < -0.39 is 30.7 Å². The Balaban J connectivity index is 1.55. The number of fused-ring (bicyclic) bond motifs is 1. The van der Waals surface area contributed by atoms with Gasteiger partial charge in [0, 0.05) is 31.1 Å². The summed E-state index contributed by atoms with van der Waals surface area (Å²) in [6.45, 7) is 0.567. The van der Waals surface area contributed by atoms with Gasteiger partial charge < -0.3 is 15.1 Å². The van der Waals surface area contributed by atoms with Crippen LogP contribution in [0, 0.1) is 11.7 Å². The van der Waals surface area contributed by atoms with Crippen LogP contribution in [0.4, 0.5) is 17.6 Å². The molecule has 5 rings (SSSR count). The minimum atomic E-state index is -4.41. The minimum Gasteiger partial charge on any atom is -0.437 e. The lowest BCUT2D eigenvalue weighted by Gasteiger charge is -2.25. The fraction of sp³-hybridized carbons (Fsp3) is 0.345. The van der Waals surface area contributed by atoms with E-state index in [9.17, 15) is 27.2 Å². The van der Waals surface area contributed by atoms with Crippen molar-refractivity contribution in [3.8, 4) is 22.5 Å². The standard InChI is InChI=1S/C29H27F4N3O3S/c1-34-27(38)24-21-14-20(18-13-23(40-15-18)26(37)35-12-10-16-3-2-4-16)22(9-11-29(31,32)33)36-28(21)39-25(24)17-5-7-19(30)8-6-17/h5-8,13-16H,2-4,9-12H2,1H3,(H,34,38)(H,35,37). The molecule has 1 saturated carbocycles. The van der Waals surface area contributed by atoms with E-state index in [1.165, 1.54) is 61.9 Å². The molecular weight excluding hydrogens is 546 g/mol. The van der Waals surface area contributed by atoms with Gasteiger partial charge in [-0.3, -0.25) is 9.59 Å². The zero-order valence-corrected chi connectivity index (χ0v) is 22.5. The molecule has 2 N–H and O–H groups in total. The topological polar surface area (TPSA) is 84.2 Å². The zero-order chi connectivity index (χ0) is 28.4. The molecule has 1 aliphatic rings. The van der Waals surface area contributed by atoms with E-state index in [0.29, 0.717) is 39.4 Å². The quantitative estimate of drug-likeness (QED) is 0.209. The highest BCUT2D eigenvalue weighted by Crippen LogP contribution is 2.38. The largest absolute Gasteiger partial charge is 0.437 e. The van der Waals surface area contributed by atoms with Crippen molar-refractivity contribution in [2.45, 2.75) is 44.7 Å². The van der Waals surface area contributed by atoms with Crippen LogP contribution in [0.5, 0.6) is 0 Å². The van der Waals surface area contributed by atoms with E-state index in [-0.39, 0.29) is 28.6 Å². The second kappa shape index (κ2) is 11.4. The van der Waals surface area contributed by atoms with Gasteiger partial charge in [-0.25, -0.2) is 9.37 Å². The number of aromatic nitrogens is 1. The van der Waals surface area contributed by atoms with Crippen molar-refractivity contribution in [3.63, 3.8) is 0 Å². The van der Waals surface area contributed by atoms with Gasteiger partial charge in [0.05, 0.1) is 21.5 Å². The summed E-state index contributed by atoms with van der Waals surface area (Å²) in [6, 6.07) is 8.53. The fourth-order valence-electron chi connectivity index (χ4n) is 4.77. The molecule has 1 aromatic carbocycles. The van der Waals surface area contributed by atoms with Crippen LogP contribution >= 0.6 is 11.3 Å². The average molecular weight is 574 g/mol. The van der Waals surface area contributed by atoms with Gasteiger partial charge in [0.15, 0.2) is 0 Å². The summed E-state index contributed by atoms with van der Waals surface area (Å²) in [5, 5.41) is 7.47. The Morgan fingerprint density at radius 1 is 1.10 bits per heavy atom. The Kier molecular flexibility index (Phi) is 7.93. The van der Waals surface area contributed by atoms with E-state index in [2.05, 4.69) is 15.6 Å². The summed E-state index contributed by atoms with van der Waals surface area (Å²) in [7, 11) is 1.44. The highest BCUT2D eigenvalue weighted by atomic mass is 32.1. The number of alkyl halides is 3. The summed E-state index contributed by atoms with van der Waals surface area (Å²) >= 11 is 1.19. The normalized spacial score (nSPS) is 13.8. The molecule has 0 unspecified atom stereocenters. The van der Waals surface area contributed by atoms with Gasteiger partial charge >= 0.3 is 6.18 Å². The van der Waals surface area contributed by atoms with Crippen LogP contribution in [-0.2, 0) is 6.42 Å². The summed E-state index contributed by atoms with van der Waals surface area (Å²) in [5.41, 5.74) is 1.55. The number of amides is 2. The number of benzene rings is 1. The predicted molar refractivity (Wildman–Crippen MR) is 145 cm³/mol. The number of carbonyl (C=O) groups is 2. The predicted octanol–water partition coefficient (Wildman–Crippen LogP) is 7.14. The van der Waals surface area contributed by atoms with Gasteiger partial charge in [-0.05, 0) is 66.1 Å². The molecule has 210 valence electrons. The van der Waals surface area contributed by atoms with Crippen molar-refractivity contribution in [3.05, 3.63) is 63.7 Å². The van der Waals surface area contributed by atoms with Gasteiger partial charge in [-0.15, -0.1) is 11.3 Å². The lowest BCUT2D eigenvalue weighted by atomic mass is 9.83. The first-order valence-corrected chi connectivity index (χ1v) is 13.9. The monoisotopic (exact) mass is 573 g/mol. The van der Waals surface area contributed by atoms with Crippen LogP contribution in [0.3, 0.4) is 0 Å². The molecule has 0 bridgehead atoms. The number of pyridine rings is 1. The van der Waals surface area contributed by atoms with Crippen molar-refractivity contribution in [1.29, 1.82) is 0 Å². The lowest BCUT2D eigenvalue weighted by molar-refractivity contribution is -0.134. The molecule has 11 heteroatoms. The van der Waals surface area contributed by atoms with E-state index in [1.54, 1.807) is 17.5 Å². The van der Waals surface area contributed by atoms with Crippen LogP contribution in [0.1, 0.15) is 57.8 Å². The molecule has 4 aromatic rings. The number of rotatable bonds is 9. The molecule has 40 heavy (non-hydrogen) atoms. The number of thiophene rings is 1. The van der Waals surface area contributed by atoms with Crippen molar-refractivity contribution in [2.24, 2.45) is 5.92 Å². The van der Waals surface area contributed by atoms with E-state index >= 15 is 0 Å². The van der Waals surface area contributed by atoms with Crippen molar-refractivity contribution >= 4 is 34.3 Å². The third kappa shape index (κ3) is 6.04. The van der Waals surface area contributed by atoms with Gasteiger partial charge in [-0.1, -0.05) is 19.3 Å². The molecule has 0 radical (unpaired) electrons. The molecular formula is C29H27F4N3O3S. The maximum Gasteiger partial charge on any atom is 0.389 e. The number of aryl methyl sites for hydroxylation is 1. The number of nitrogens with zero attached hydrogens (tertiary/aromatic N) is 1. The summed E-state index contributed by atoms with van der Waals surface area (Å²) < 4.78 is 59.0. The van der Waals surface area contributed by atoms with E-state index in [0.717, 1.165) is 6.42 Å². The van der Waals surface area contributed by atoms with Gasteiger partial charge in [0.25, 0.3) is 11.8 Å². The minimum absolute atomic E-state index is 0.0111. The molecule has 0 spiro atoms. The Bertz CT molecular complexity index is 1540. The molecule has 1 aliphatic carbocycles.